The van der Waals surface area contributed by atoms with E-state index in [0.29, 0.717) is 22.1 Å². The van der Waals surface area contributed by atoms with E-state index in [9.17, 15) is 9.59 Å². The molecule has 0 aliphatic carbocycles. The molecule has 2 N–H and O–H groups in total. The highest BCUT2D eigenvalue weighted by Gasteiger charge is 2.14. The second kappa shape index (κ2) is 8.53. The highest BCUT2D eigenvalue weighted by Crippen LogP contribution is 2.25. The minimum Gasteiger partial charge on any atom is -0.489 e. The first-order valence-corrected chi connectivity index (χ1v) is 8.35. The Hall–Kier alpha value is -2.53. The van der Waals surface area contributed by atoms with E-state index in [2.05, 4.69) is 10.6 Å². The van der Waals surface area contributed by atoms with E-state index in [4.69, 9.17) is 16.3 Å². The summed E-state index contributed by atoms with van der Waals surface area (Å²) in [4.78, 5) is 24.2. The lowest BCUT2D eigenvalue weighted by atomic mass is 10.2. The lowest BCUT2D eigenvalue weighted by Crippen LogP contribution is -2.22. The molecule has 132 valence electrons. The van der Waals surface area contributed by atoms with E-state index >= 15 is 0 Å². The first-order chi connectivity index (χ1) is 11.9. The number of halogens is 1. The average Bonchev–Trinajstić information content (AvgIpc) is 2.53. The van der Waals surface area contributed by atoms with Crippen molar-refractivity contribution < 1.29 is 14.3 Å². The summed E-state index contributed by atoms with van der Waals surface area (Å²) in [6.45, 7) is 5.61. The Labute approximate surface area is 152 Å². The SMILES string of the molecule is Cc1c(Cl)cccc1NC(=O)CC(=O)Nc1ccccc1OC(C)C. The van der Waals surface area contributed by atoms with Crippen LogP contribution >= 0.6 is 11.6 Å². The maximum absolute atomic E-state index is 12.1. The van der Waals surface area contributed by atoms with Gasteiger partial charge in [-0.15, -0.1) is 0 Å². The highest BCUT2D eigenvalue weighted by molar-refractivity contribution is 6.31. The van der Waals surface area contributed by atoms with E-state index in [1.807, 2.05) is 19.9 Å². The molecular weight excluding hydrogens is 340 g/mol. The zero-order valence-electron chi connectivity index (χ0n) is 14.4. The molecule has 0 aliphatic heterocycles. The Balaban J connectivity index is 1.98. The predicted molar refractivity (Wildman–Crippen MR) is 100 cm³/mol. The number of nitrogens with one attached hydrogen (secondary N) is 2. The van der Waals surface area contributed by atoms with Gasteiger partial charge in [0, 0.05) is 10.7 Å². The van der Waals surface area contributed by atoms with Crippen LogP contribution in [-0.4, -0.2) is 17.9 Å². The van der Waals surface area contributed by atoms with Crippen molar-refractivity contribution in [2.45, 2.75) is 33.3 Å². The monoisotopic (exact) mass is 360 g/mol. The smallest absolute Gasteiger partial charge is 0.233 e. The van der Waals surface area contributed by atoms with Crippen LogP contribution in [0.15, 0.2) is 42.5 Å². The third-order valence-electron chi connectivity index (χ3n) is 3.39. The van der Waals surface area contributed by atoms with Gasteiger partial charge in [-0.25, -0.2) is 0 Å². The van der Waals surface area contributed by atoms with Crippen LogP contribution in [0.3, 0.4) is 0 Å². The minimum atomic E-state index is -0.419. The van der Waals surface area contributed by atoms with Crippen LogP contribution in [0.25, 0.3) is 0 Å². The van der Waals surface area contributed by atoms with Crippen molar-refractivity contribution in [1.82, 2.24) is 0 Å². The molecule has 5 nitrogen and oxygen atoms in total. The average molecular weight is 361 g/mol. The lowest BCUT2D eigenvalue weighted by molar-refractivity contribution is -0.123. The molecular formula is C19H21ClN2O3. The van der Waals surface area contributed by atoms with E-state index in [1.54, 1.807) is 43.3 Å². The van der Waals surface area contributed by atoms with Gasteiger partial charge in [-0.1, -0.05) is 29.8 Å². The third-order valence-corrected chi connectivity index (χ3v) is 3.80. The number of anilines is 2. The number of ether oxygens (including phenoxy) is 1. The Bertz CT molecular complexity index is 775. The molecule has 0 atom stereocenters. The molecule has 0 aromatic heterocycles. The van der Waals surface area contributed by atoms with Crippen molar-refractivity contribution in [1.29, 1.82) is 0 Å². The first-order valence-electron chi connectivity index (χ1n) is 7.97. The van der Waals surface area contributed by atoms with E-state index in [-0.39, 0.29) is 12.5 Å². The summed E-state index contributed by atoms with van der Waals surface area (Å²) in [6.07, 6.45) is -0.325. The van der Waals surface area contributed by atoms with Crippen LogP contribution in [0, 0.1) is 6.92 Å². The summed E-state index contributed by atoms with van der Waals surface area (Å²) in [5.41, 5.74) is 1.88. The molecule has 2 amide bonds. The van der Waals surface area contributed by atoms with Crippen LogP contribution in [0.5, 0.6) is 5.75 Å². The zero-order valence-corrected chi connectivity index (χ0v) is 15.2. The predicted octanol–water partition coefficient (Wildman–Crippen LogP) is 4.40. The molecule has 0 spiro atoms. The van der Waals surface area contributed by atoms with Crippen LogP contribution in [0.4, 0.5) is 11.4 Å². The standard InChI is InChI=1S/C19H21ClN2O3/c1-12(2)25-17-10-5-4-8-16(17)22-19(24)11-18(23)21-15-9-6-7-14(20)13(15)3/h4-10,12H,11H2,1-3H3,(H,21,23)(H,22,24). The van der Waals surface area contributed by atoms with Crippen LogP contribution < -0.4 is 15.4 Å². The van der Waals surface area contributed by atoms with Gasteiger partial charge < -0.3 is 15.4 Å². The van der Waals surface area contributed by atoms with Gasteiger partial charge in [0.05, 0.1) is 11.8 Å². The Morgan fingerprint density at radius 3 is 2.28 bits per heavy atom. The molecule has 0 bridgehead atoms. The molecule has 2 rings (SSSR count). The van der Waals surface area contributed by atoms with Gasteiger partial charge in [-0.05, 0) is 50.6 Å². The van der Waals surface area contributed by atoms with Gasteiger partial charge in [0.2, 0.25) is 11.8 Å². The van der Waals surface area contributed by atoms with Crippen molar-refractivity contribution >= 4 is 34.8 Å². The Morgan fingerprint density at radius 1 is 1.00 bits per heavy atom. The molecule has 2 aromatic rings. The van der Waals surface area contributed by atoms with Crippen LogP contribution in [0.2, 0.25) is 5.02 Å². The fraction of sp³-hybridized carbons (Fsp3) is 0.263. The summed E-state index contributed by atoms with van der Waals surface area (Å²) < 4.78 is 5.65. The van der Waals surface area contributed by atoms with E-state index < -0.39 is 11.8 Å². The summed E-state index contributed by atoms with van der Waals surface area (Å²) in [6, 6.07) is 12.3. The summed E-state index contributed by atoms with van der Waals surface area (Å²) in [5, 5.41) is 5.96. The van der Waals surface area contributed by atoms with Crippen LogP contribution in [0.1, 0.15) is 25.8 Å². The normalized spacial score (nSPS) is 10.4. The second-order valence-corrected chi connectivity index (χ2v) is 6.26. The quantitative estimate of drug-likeness (QED) is 0.750. The van der Waals surface area contributed by atoms with Crippen LogP contribution in [-0.2, 0) is 9.59 Å². The first kappa shape index (κ1) is 18.8. The molecule has 0 radical (unpaired) electrons. The van der Waals surface area contributed by atoms with Gasteiger partial charge in [0.1, 0.15) is 12.2 Å². The van der Waals surface area contributed by atoms with Gasteiger partial charge in [-0.3, -0.25) is 9.59 Å². The molecule has 0 saturated heterocycles. The van der Waals surface area contributed by atoms with E-state index in [1.165, 1.54) is 0 Å². The molecule has 0 fully saturated rings. The van der Waals surface area contributed by atoms with Gasteiger partial charge in [0.25, 0.3) is 0 Å². The molecule has 0 unspecified atom stereocenters. The van der Waals surface area contributed by atoms with Gasteiger partial charge in [0.15, 0.2) is 0 Å². The van der Waals surface area contributed by atoms with Crippen molar-refractivity contribution in [2.75, 3.05) is 10.6 Å². The summed E-state index contributed by atoms with van der Waals surface area (Å²) in [7, 11) is 0. The molecule has 6 heteroatoms. The maximum atomic E-state index is 12.1. The number of rotatable bonds is 6. The lowest BCUT2D eigenvalue weighted by Gasteiger charge is -2.15. The number of amides is 2. The molecule has 0 aliphatic rings. The Morgan fingerprint density at radius 2 is 1.60 bits per heavy atom. The highest BCUT2D eigenvalue weighted by atomic mass is 35.5. The number of carbonyl (C=O) groups is 2. The van der Waals surface area contributed by atoms with Crippen molar-refractivity contribution in [2.24, 2.45) is 0 Å². The van der Waals surface area contributed by atoms with E-state index in [0.717, 1.165) is 5.56 Å². The minimum absolute atomic E-state index is 0.0212. The topological polar surface area (TPSA) is 67.4 Å². The van der Waals surface area contributed by atoms with Gasteiger partial charge in [-0.2, -0.15) is 0 Å². The number of para-hydroxylation sites is 2. The summed E-state index contributed by atoms with van der Waals surface area (Å²) in [5.74, 6) is -0.265. The number of carbonyl (C=O) groups excluding carboxylic acids is 2. The molecule has 25 heavy (non-hydrogen) atoms. The van der Waals surface area contributed by atoms with Crippen molar-refractivity contribution in [3.05, 3.63) is 53.1 Å². The second-order valence-electron chi connectivity index (χ2n) is 5.85. The molecule has 2 aromatic carbocycles. The third kappa shape index (κ3) is 5.50. The zero-order chi connectivity index (χ0) is 18.4. The number of hydrogen-bond donors (Lipinski definition) is 2. The maximum Gasteiger partial charge on any atom is 0.233 e. The molecule has 0 saturated carbocycles. The largest absolute Gasteiger partial charge is 0.489 e. The van der Waals surface area contributed by atoms with Gasteiger partial charge >= 0.3 is 0 Å². The fourth-order valence-electron chi connectivity index (χ4n) is 2.20. The number of benzene rings is 2. The summed E-state index contributed by atoms with van der Waals surface area (Å²) >= 11 is 6.02. The molecule has 0 heterocycles. The van der Waals surface area contributed by atoms with Crippen molar-refractivity contribution in [3.63, 3.8) is 0 Å². The van der Waals surface area contributed by atoms with Crippen molar-refractivity contribution in [3.8, 4) is 5.75 Å². The Kier molecular flexibility index (Phi) is 6.42. The number of hydrogen-bond acceptors (Lipinski definition) is 3. The fourth-order valence-corrected chi connectivity index (χ4v) is 2.38.